The molecule has 0 aliphatic heterocycles. The summed E-state index contributed by atoms with van der Waals surface area (Å²) in [6.45, 7) is 0. The second-order valence-corrected chi connectivity index (χ2v) is 6.81. The largest absolute Gasteiger partial charge is 0.207 e. The van der Waals surface area contributed by atoms with Crippen molar-refractivity contribution < 1.29 is 4.39 Å². The van der Waals surface area contributed by atoms with Crippen LogP contribution < -0.4 is 0 Å². The van der Waals surface area contributed by atoms with Crippen molar-refractivity contribution in [2.75, 3.05) is 0 Å². The van der Waals surface area contributed by atoms with Crippen LogP contribution in [0.25, 0.3) is 0 Å². The fourth-order valence-electron chi connectivity index (χ4n) is 1.76. The fourth-order valence-corrected chi connectivity index (χ4v) is 2.92. The molecule has 0 amide bonds. The van der Waals surface area contributed by atoms with E-state index in [9.17, 15) is 4.39 Å². The first kappa shape index (κ1) is 16.4. The Kier molecular flexibility index (Phi) is 5.61. The van der Waals surface area contributed by atoms with Gasteiger partial charge in [0.2, 0.25) is 0 Å². The van der Waals surface area contributed by atoms with Crippen LogP contribution in [0.5, 0.6) is 0 Å². The normalized spacial score (nSPS) is 12.5. The number of rotatable bonds is 3. The van der Waals surface area contributed by atoms with Crippen LogP contribution in [0.15, 0.2) is 34.8 Å². The maximum Gasteiger partial charge on any atom is 0.129 e. The molecule has 0 aromatic heterocycles. The monoisotopic (exact) mass is 414 g/mol. The Morgan fingerprint density at radius 1 is 1.00 bits per heavy atom. The zero-order chi connectivity index (χ0) is 14.9. The molecule has 0 saturated carbocycles. The second kappa shape index (κ2) is 6.85. The molecule has 0 fully saturated rings. The second-order valence-electron chi connectivity index (χ2n) is 4.21. The van der Waals surface area contributed by atoms with Crippen molar-refractivity contribution >= 4 is 62.3 Å². The maximum atomic E-state index is 13.9. The van der Waals surface area contributed by atoms with E-state index in [1.54, 1.807) is 12.1 Å². The molecule has 0 aliphatic rings. The molecule has 0 aliphatic carbocycles. The van der Waals surface area contributed by atoms with Gasteiger partial charge < -0.3 is 0 Å². The van der Waals surface area contributed by atoms with E-state index in [1.165, 1.54) is 12.1 Å². The number of hydrogen-bond donors (Lipinski definition) is 0. The van der Waals surface area contributed by atoms with Gasteiger partial charge >= 0.3 is 0 Å². The number of benzene rings is 2. The summed E-state index contributed by atoms with van der Waals surface area (Å²) in [6, 6.07) is 8.05. The minimum Gasteiger partial charge on any atom is -0.207 e. The summed E-state index contributed by atoms with van der Waals surface area (Å²) in [5.41, 5.74) is 1.23. The predicted molar refractivity (Wildman–Crippen MR) is 87.9 cm³/mol. The molecule has 0 bridgehead atoms. The lowest BCUT2D eigenvalue weighted by atomic mass is 10.0. The van der Waals surface area contributed by atoms with E-state index in [2.05, 4.69) is 15.9 Å². The fraction of sp³-hybridized carbons (Fsp3) is 0.143. The Balaban J connectivity index is 2.25. The molecule has 20 heavy (non-hydrogen) atoms. The maximum absolute atomic E-state index is 13.9. The molecule has 1 unspecified atom stereocenters. The van der Waals surface area contributed by atoms with Gasteiger partial charge in [-0.25, -0.2) is 4.39 Å². The number of halogens is 6. The van der Waals surface area contributed by atoms with E-state index in [-0.39, 0.29) is 0 Å². The molecule has 2 aromatic carbocycles. The average molecular weight is 417 g/mol. The van der Waals surface area contributed by atoms with Gasteiger partial charge in [0.25, 0.3) is 0 Å². The van der Waals surface area contributed by atoms with Crippen LogP contribution in [-0.2, 0) is 6.42 Å². The first-order chi connectivity index (χ1) is 9.38. The molecule has 2 aromatic rings. The molecule has 0 saturated heterocycles. The van der Waals surface area contributed by atoms with Crippen molar-refractivity contribution in [3.05, 3.63) is 66.8 Å². The summed E-state index contributed by atoms with van der Waals surface area (Å²) in [7, 11) is 0. The standard InChI is InChI=1S/C14H8BrCl4F/c15-9-6-14(20)8(5-12(9)18)11(17)3-7-1-2-10(16)13(19)4-7/h1-2,4-6,11H,3H2. The van der Waals surface area contributed by atoms with E-state index >= 15 is 0 Å². The molecular weight excluding hydrogens is 409 g/mol. The summed E-state index contributed by atoms with van der Waals surface area (Å²) in [6.07, 6.45) is 0.424. The highest BCUT2D eigenvalue weighted by atomic mass is 79.9. The molecule has 0 spiro atoms. The van der Waals surface area contributed by atoms with E-state index in [4.69, 9.17) is 46.4 Å². The van der Waals surface area contributed by atoms with Gasteiger partial charge in [-0.1, -0.05) is 40.9 Å². The van der Waals surface area contributed by atoms with Crippen LogP contribution in [0.4, 0.5) is 4.39 Å². The van der Waals surface area contributed by atoms with Gasteiger partial charge in [0.1, 0.15) is 5.82 Å². The van der Waals surface area contributed by atoms with Crippen molar-refractivity contribution in [2.24, 2.45) is 0 Å². The van der Waals surface area contributed by atoms with E-state index in [1.807, 2.05) is 6.07 Å². The van der Waals surface area contributed by atoms with Gasteiger partial charge in [0, 0.05) is 10.0 Å². The highest BCUT2D eigenvalue weighted by Gasteiger charge is 2.16. The van der Waals surface area contributed by atoms with Gasteiger partial charge in [-0.2, -0.15) is 0 Å². The third kappa shape index (κ3) is 3.80. The van der Waals surface area contributed by atoms with Gasteiger partial charge in [0.15, 0.2) is 0 Å². The molecule has 0 N–H and O–H groups in total. The summed E-state index contributed by atoms with van der Waals surface area (Å²) in [5, 5.41) is 0.792. The molecule has 106 valence electrons. The summed E-state index contributed by atoms with van der Waals surface area (Å²) >= 11 is 27.2. The number of hydrogen-bond acceptors (Lipinski definition) is 0. The van der Waals surface area contributed by atoms with Crippen LogP contribution in [0.2, 0.25) is 15.1 Å². The molecule has 0 radical (unpaired) electrons. The summed E-state index contributed by atoms with van der Waals surface area (Å²) in [4.78, 5) is 0. The highest BCUT2D eigenvalue weighted by Crippen LogP contribution is 2.34. The van der Waals surface area contributed by atoms with Gasteiger partial charge in [-0.3, -0.25) is 0 Å². The zero-order valence-electron chi connectivity index (χ0n) is 9.94. The van der Waals surface area contributed by atoms with Crippen molar-refractivity contribution in [3.63, 3.8) is 0 Å². The Morgan fingerprint density at radius 3 is 2.35 bits per heavy atom. The lowest BCUT2D eigenvalue weighted by molar-refractivity contribution is 0.605. The van der Waals surface area contributed by atoms with E-state index in [0.717, 1.165) is 5.56 Å². The van der Waals surface area contributed by atoms with Gasteiger partial charge in [0.05, 0.1) is 20.4 Å². The van der Waals surface area contributed by atoms with Crippen molar-refractivity contribution in [2.45, 2.75) is 11.8 Å². The van der Waals surface area contributed by atoms with Crippen LogP contribution in [-0.4, -0.2) is 0 Å². The number of alkyl halides is 1. The lowest BCUT2D eigenvalue weighted by Crippen LogP contribution is -1.99. The summed E-state index contributed by atoms with van der Waals surface area (Å²) in [5.74, 6) is -0.402. The van der Waals surface area contributed by atoms with Gasteiger partial charge in [-0.05, 0) is 52.2 Å². The molecule has 1 atom stereocenters. The lowest BCUT2D eigenvalue weighted by Gasteiger charge is -2.13. The predicted octanol–water partition coefficient (Wildman–Crippen LogP) is 7.07. The third-order valence-electron chi connectivity index (χ3n) is 2.78. The van der Waals surface area contributed by atoms with Crippen molar-refractivity contribution in [1.29, 1.82) is 0 Å². The topological polar surface area (TPSA) is 0 Å². The van der Waals surface area contributed by atoms with Crippen molar-refractivity contribution in [3.8, 4) is 0 Å². The molecular formula is C14H8BrCl4F. The van der Waals surface area contributed by atoms with Crippen LogP contribution in [0.3, 0.4) is 0 Å². The Hall–Kier alpha value is 0.01000. The molecule has 6 heteroatoms. The smallest absolute Gasteiger partial charge is 0.129 e. The first-order valence-corrected chi connectivity index (χ1v) is 7.97. The Bertz CT molecular complexity index is 645. The van der Waals surface area contributed by atoms with Crippen molar-refractivity contribution in [1.82, 2.24) is 0 Å². The van der Waals surface area contributed by atoms with Gasteiger partial charge in [-0.15, -0.1) is 11.6 Å². The van der Waals surface area contributed by atoms with Crippen LogP contribution in [0.1, 0.15) is 16.5 Å². The molecule has 2 rings (SSSR count). The van der Waals surface area contributed by atoms with E-state index < -0.39 is 11.2 Å². The average Bonchev–Trinajstić information content (AvgIpc) is 2.38. The molecule has 0 heterocycles. The Morgan fingerprint density at radius 2 is 1.70 bits per heavy atom. The minimum absolute atomic E-state index is 0.353. The third-order valence-corrected chi connectivity index (χ3v) is 5.10. The minimum atomic E-state index is -0.544. The SMILES string of the molecule is Fc1cc(Br)c(Cl)cc1C(Cl)Cc1ccc(Cl)c(Cl)c1. The first-order valence-electron chi connectivity index (χ1n) is 5.61. The summed E-state index contributed by atoms with van der Waals surface area (Å²) < 4.78 is 14.4. The quantitative estimate of drug-likeness (QED) is 0.370. The van der Waals surface area contributed by atoms with Crippen LogP contribution >= 0.6 is 62.3 Å². The highest BCUT2D eigenvalue weighted by molar-refractivity contribution is 9.10. The van der Waals surface area contributed by atoms with E-state index in [0.29, 0.717) is 31.5 Å². The van der Waals surface area contributed by atoms with Crippen LogP contribution in [0, 0.1) is 5.82 Å². The Labute approximate surface area is 144 Å². The zero-order valence-corrected chi connectivity index (χ0v) is 14.5. The molecule has 0 nitrogen and oxygen atoms in total.